The van der Waals surface area contributed by atoms with Crippen LogP contribution in [0.5, 0.6) is 0 Å². The minimum atomic E-state index is -0.454. The van der Waals surface area contributed by atoms with E-state index >= 15 is 0 Å². The third-order valence-corrected chi connectivity index (χ3v) is 4.62. The highest BCUT2D eigenvalue weighted by Crippen LogP contribution is 2.41. The molecule has 0 bridgehead atoms. The Morgan fingerprint density at radius 1 is 1.59 bits per heavy atom. The normalized spacial score (nSPS) is 17.5. The Morgan fingerprint density at radius 2 is 2.35 bits per heavy atom. The fourth-order valence-corrected chi connectivity index (χ4v) is 2.98. The summed E-state index contributed by atoms with van der Waals surface area (Å²) in [5, 5.41) is 11.4. The van der Waals surface area contributed by atoms with Gasteiger partial charge in [-0.05, 0) is 30.7 Å². The van der Waals surface area contributed by atoms with Crippen molar-refractivity contribution in [3.8, 4) is 0 Å². The lowest BCUT2D eigenvalue weighted by Gasteiger charge is -2.41. The van der Waals surface area contributed by atoms with Crippen LogP contribution in [0, 0.1) is 5.41 Å². The van der Waals surface area contributed by atoms with Crippen molar-refractivity contribution >= 4 is 17.2 Å². The van der Waals surface area contributed by atoms with Crippen LogP contribution in [-0.2, 0) is 11.2 Å². The molecule has 0 spiro atoms. The fraction of sp³-hybridized carbons (Fsp3) is 0.615. The number of hydrogen-bond donors (Lipinski definition) is 1. The molecule has 0 aliphatic heterocycles. The Morgan fingerprint density at radius 3 is 2.82 bits per heavy atom. The van der Waals surface area contributed by atoms with Crippen LogP contribution in [0.1, 0.15) is 24.1 Å². The van der Waals surface area contributed by atoms with Crippen LogP contribution in [0.15, 0.2) is 17.5 Å². The summed E-state index contributed by atoms with van der Waals surface area (Å²) in [5.74, 6) is 0.114. The maximum Gasteiger partial charge on any atom is 0.230 e. The van der Waals surface area contributed by atoms with Crippen molar-refractivity contribution in [2.45, 2.75) is 25.7 Å². The molecular weight excluding hydrogens is 234 g/mol. The lowest BCUT2D eigenvalue weighted by molar-refractivity contribution is -0.149. The average molecular weight is 253 g/mol. The van der Waals surface area contributed by atoms with Crippen LogP contribution in [0.4, 0.5) is 0 Å². The number of carbonyl (C=O) groups excluding carboxylic acids is 1. The summed E-state index contributed by atoms with van der Waals surface area (Å²) in [4.78, 5) is 15.3. The highest BCUT2D eigenvalue weighted by atomic mass is 32.1. The van der Waals surface area contributed by atoms with E-state index in [1.165, 1.54) is 4.88 Å². The molecule has 1 aromatic rings. The van der Waals surface area contributed by atoms with Crippen LogP contribution in [0.3, 0.4) is 0 Å². The van der Waals surface area contributed by atoms with Crippen LogP contribution in [-0.4, -0.2) is 36.1 Å². The molecule has 0 unspecified atom stereocenters. The molecule has 0 radical (unpaired) electrons. The van der Waals surface area contributed by atoms with E-state index in [2.05, 4.69) is 11.4 Å². The number of rotatable bonds is 5. The smallest absolute Gasteiger partial charge is 0.230 e. The van der Waals surface area contributed by atoms with E-state index in [-0.39, 0.29) is 12.5 Å². The summed E-state index contributed by atoms with van der Waals surface area (Å²) in [6, 6.07) is 4.12. The molecule has 0 aromatic carbocycles. The molecule has 0 saturated heterocycles. The van der Waals surface area contributed by atoms with E-state index < -0.39 is 5.41 Å². The molecule has 1 fully saturated rings. The summed E-state index contributed by atoms with van der Waals surface area (Å²) < 4.78 is 0. The minimum absolute atomic E-state index is 0.00479. The molecule has 94 valence electrons. The maximum absolute atomic E-state index is 12.2. The van der Waals surface area contributed by atoms with Crippen LogP contribution in [0.2, 0.25) is 0 Å². The van der Waals surface area contributed by atoms with Gasteiger partial charge in [-0.15, -0.1) is 11.3 Å². The second-order valence-electron chi connectivity index (χ2n) is 4.85. The largest absolute Gasteiger partial charge is 0.395 e. The van der Waals surface area contributed by atoms with Gasteiger partial charge in [0.1, 0.15) is 0 Å². The van der Waals surface area contributed by atoms with Crippen molar-refractivity contribution in [3.05, 3.63) is 22.4 Å². The van der Waals surface area contributed by atoms with Crippen molar-refractivity contribution in [1.82, 2.24) is 4.90 Å². The SMILES string of the molecule is CN(CCc1cccs1)C(=O)C1(CO)CCC1. The molecule has 0 atom stereocenters. The molecule has 1 aromatic heterocycles. The van der Waals surface area contributed by atoms with Gasteiger partial charge in [0, 0.05) is 18.5 Å². The number of nitrogens with zero attached hydrogens (tertiary/aromatic N) is 1. The van der Waals surface area contributed by atoms with Gasteiger partial charge in [0.15, 0.2) is 0 Å². The van der Waals surface area contributed by atoms with Crippen LogP contribution < -0.4 is 0 Å². The molecule has 1 N–H and O–H groups in total. The summed E-state index contributed by atoms with van der Waals surface area (Å²) in [6.45, 7) is 0.732. The van der Waals surface area contributed by atoms with E-state index in [1.807, 2.05) is 13.1 Å². The van der Waals surface area contributed by atoms with E-state index in [9.17, 15) is 9.90 Å². The van der Waals surface area contributed by atoms with Crippen LogP contribution >= 0.6 is 11.3 Å². The summed E-state index contributed by atoms with van der Waals surface area (Å²) >= 11 is 1.72. The molecular formula is C13H19NO2S. The van der Waals surface area contributed by atoms with E-state index in [0.717, 1.165) is 32.2 Å². The van der Waals surface area contributed by atoms with Gasteiger partial charge in [-0.25, -0.2) is 0 Å². The Bertz CT molecular complexity index is 365. The second kappa shape index (κ2) is 5.19. The number of thiophene rings is 1. The third-order valence-electron chi connectivity index (χ3n) is 3.69. The molecule has 1 aliphatic rings. The summed E-state index contributed by atoms with van der Waals surface area (Å²) in [5.41, 5.74) is -0.454. The molecule has 3 nitrogen and oxygen atoms in total. The predicted octanol–water partition coefficient (Wildman–Crippen LogP) is 1.91. The van der Waals surface area contributed by atoms with Crippen molar-refractivity contribution in [2.75, 3.05) is 20.2 Å². The molecule has 1 aliphatic carbocycles. The monoisotopic (exact) mass is 253 g/mol. The second-order valence-corrected chi connectivity index (χ2v) is 5.88. The summed E-state index contributed by atoms with van der Waals surface area (Å²) in [6.07, 6.45) is 3.64. The number of aliphatic hydroxyl groups is 1. The van der Waals surface area contributed by atoms with Crippen molar-refractivity contribution in [1.29, 1.82) is 0 Å². The first kappa shape index (κ1) is 12.6. The Balaban J connectivity index is 1.87. The number of carbonyl (C=O) groups is 1. The highest BCUT2D eigenvalue weighted by molar-refractivity contribution is 7.09. The minimum Gasteiger partial charge on any atom is -0.395 e. The highest BCUT2D eigenvalue weighted by Gasteiger charge is 2.44. The van der Waals surface area contributed by atoms with E-state index in [1.54, 1.807) is 16.2 Å². The van der Waals surface area contributed by atoms with Crippen molar-refractivity contribution in [2.24, 2.45) is 5.41 Å². The Kier molecular flexibility index (Phi) is 3.84. The standard InChI is InChI=1S/C13H19NO2S/c1-14(8-5-11-4-2-9-17-11)12(16)13(10-15)6-3-7-13/h2,4,9,15H,3,5-8,10H2,1H3. The third kappa shape index (κ3) is 2.53. The number of aliphatic hydroxyl groups excluding tert-OH is 1. The molecule has 2 rings (SSSR count). The Hall–Kier alpha value is -0.870. The molecule has 1 saturated carbocycles. The van der Waals surface area contributed by atoms with Gasteiger partial charge in [-0.3, -0.25) is 4.79 Å². The van der Waals surface area contributed by atoms with Crippen molar-refractivity contribution in [3.63, 3.8) is 0 Å². The fourth-order valence-electron chi connectivity index (χ4n) is 2.28. The zero-order valence-corrected chi connectivity index (χ0v) is 11.0. The van der Waals surface area contributed by atoms with Gasteiger partial charge in [0.05, 0.1) is 12.0 Å². The van der Waals surface area contributed by atoms with Gasteiger partial charge in [-0.1, -0.05) is 12.5 Å². The van der Waals surface area contributed by atoms with Gasteiger partial charge in [-0.2, -0.15) is 0 Å². The zero-order chi connectivity index (χ0) is 12.3. The van der Waals surface area contributed by atoms with E-state index in [0.29, 0.717) is 0 Å². The van der Waals surface area contributed by atoms with Gasteiger partial charge in [0.2, 0.25) is 5.91 Å². The lowest BCUT2D eigenvalue weighted by Crippen LogP contribution is -2.49. The number of hydrogen-bond acceptors (Lipinski definition) is 3. The van der Waals surface area contributed by atoms with Crippen LogP contribution in [0.25, 0.3) is 0 Å². The van der Waals surface area contributed by atoms with E-state index in [4.69, 9.17) is 0 Å². The van der Waals surface area contributed by atoms with Gasteiger partial charge in [0.25, 0.3) is 0 Å². The Labute approximate surface area is 106 Å². The lowest BCUT2D eigenvalue weighted by atomic mass is 9.68. The average Bonchev–Trinajstić information content (AvgIpc) is 2.77. The first-order valence-corrected chi connectivity index (χ1v) is 6.95. The first-order chi connectivity index (χ1) is 8.18. The molecule has 1 heterocycles. The topological polar surface area (TPSA) is 40.5 Å². The molecule has 17 heavy (non-hydrogen) atoms. The number of likely N-dealkylation sites (N-methyl/N-ethyl adjacent to an activating group) is 1. The molecule has 1 amide bonds. The first-order valence-electron chi connectivity index (χ1n) is 6.07. The quantitative estimate of drug-likeness (QED) is 0.871. The number of amides is 1. The summed E-state index contributed by atoms with van der Waals surface area (Å²) in [7, 11) is 1.84. The maximum atomic E-state index is 12.2. The zero-order valence-electron chi connectivity index (χ0n) is 10.2. The molecule has 4 heteroatoms. The van der Waals surface area contributed by atoms with Gasteiger partial charge >= 0.3 is 0 Å². The van der Waals surface area contributed by atoms with Crippen molar-refractivity contribution < 1.29 is 9.90 Å². The van der Waals surface area contributed by atoms with Gasteiger partial charge < -0.3 is 10.0 Å². The predicted molar refractivity (Wildman–Crippen MR) is 69.0 cm³/mol.